The van der Waals surface area contributed by atoms with Gasteiger partial charge in [0.25, 0.3) is 0 Å². The normalized spacial score (nSPS) is 13.2. The highest BCUT2D eigenvalue weighted by molar-refractivity contribution is 5.69. The Morgan fingerprint density at radius 1 is 1.13 bits per heavy atom. The van der Waals surface area contributed by atoms with Crippen LogP contribution in [-0.4, -0.2) is 6.54 Å². The second kappa shape index (κ2) is 7.49. The van der Waals surface area contributed by atoms with Gasteiger partial charge in [0, 0.05) is 24.5 Å². The Kier molecular flexibility index (Phi) is 5.64. The summed E-state index contributed by atoms with van der Waals surface area (Å²) in [4.78, 5) is 2.38. The first kappa shape index (κ1) is 17.3. The first-order valence-corrected chi connectivity index (χ1v) is 8.44. The molecule has 2 N–H and O–H groups in total. The fraction of sp³-hybridized carbons (Fsp3) is 0.400. The predicted molar refractivity (Wildman–Crippen MR) is 97.4 cm³/mol. The van der Waals surface area contributed by atoms with Crippen molar-refractivity contribution in [3.8, 4) is 0 Å². The Hall–Kier alpha value is -2.03. The molecule has 3 heteroatoms. The maximum Gasteiger partial charge on any atom is 0.123 e. The number of nitrogens with two attached hydrogens (primary N) is 1. The van der Waals surface area contributed by atoms with Crippen LogP contribution in [0.1, 0.15) is 42.5 Å². The molecule has 0 radical (unpaired) electrons. The number of benzene rings is 2. The molecule has 0 saturated heterocycles. The molecule has 124 valence electrons. The van der Waals surface area contributed by atoms with Crippen molar-refractivity contribution in [3.63, 3.8) is 0 Å². The van der Waals surface area contributed by atoms with Crippen molar-refractivity contribution in [1.82, 2.24) is 0 Å². The molecule has 0 spiro atoms. The molecule has 2 aromatic rings. The van der Waals surface area contributed by atoms with Gasteiger partial charge in [-0.2, -0.15) is 0 Å². The summed E-state index contributed by atoms with van der Waals surface area (Å²) in [6, 6.07) is 8.97. The fourth-order valence-corrected chi connectivity index (χ4v) is 3.16. The van der Waals surface area contributed by atoms with Gasteiger partial charge in [-0.3, -0.25) is 0 Å². The topological polar surface area (TPSA) is 29.3 Å². The van der Waals surface area contributed by atoms with Gasteiger partial charge in [0.05, 0.1) is 0 Å². The number of nitrogen functional groups attached to an aromatic ring is 1. The van der Waals surface area contributed by atoms with E-state index in [1.54, 1.807) is 0 Å². The van der Waals surface area contributed by atoms with Crippen LogP contribution in [0.25, 0.3) is 0 Å². The molecule has 0 bridgehead atoms. The Morgan fingerprint density at radius 3 is 2.43 bits per heavy atom. The number of anilines is 2. The second-order valence-corrected chi connectivity index (χ2v) is 5.88. The SMILES string of the molecule is CC.Cc1cc2c(c(C)c1N)CCCN2Cc1ccc(F)cc1. The lowest BCUT2D eigenvalue weighted by Crippen LogP contribution is -2.29. The van der Waals surface area contributed by atoms with E-state index >= 15 is 0 Å². The zero-order valence-corrected chi connectivity index (χ0v) is 14.6. The third-order valence-corrected chi connectivity index (χ3v) is 4.43. The highest BCUT2D eigenvalue weighted by Gasteiger charge is 2.20. The van der Waals surface area contributed by atoms with Crippen LogP contribution in [0.15, 0.2) is 30.3 Å². The number of aryl methyl sites for hydroxylation is 1. The van der Waals surface area contributed by atoms with Gasteiger partial charge in [0.1, 0.15) is 5.82 Å². The lowest BCUT2D eigenvalue weighted by molar-refractivity contribution is 0.626. The summed E-state index contributed by atoms with van der Waals surface area (Å²) in [5.74, 6) is -0.183. The summed E-state index contributed by atoms with van der Waals surface area (Å²) < 4.78 is 13.0. The largest absolute Gasteiger partial charge is 0.398 e. The third-order valence-electron chi connectivity index (χ3n) is 4.43. The van der Waals surface area contributed by atoms with Crippen LogP contribution in [-0.2, 0) is 13.0 Å². The number of hydrogen-bond acceptors (Lipinski definition) is 2. The van der Waals surface area contributed by atoms with Crippen LogP contribution in [0.5, 0.6) is 0 Å². The van der Waals surface area contributed by atoms with Gasteiger partial charge in [0.15, 0.2) is 0 Å². The first-order valence-electron chi connectivity index (χ1n) is 8.44. The lowest BCUT2D eigenvalue weighted by atomic mass is 9.93. The molecular weight excluding hydrogens is 287 g/mol. The molecule has 0 aliphatic carbocycles. The van der Waals surface area contributed by atoms with Gasteiger partial charge < -0.3 is 10.6 Å². The van der Waals surface area contributed by atoms with Gasteiger partial charge in [-0.15, -0.1) is 0 Å². The van der Waals surface area contributed by atoms with Gasteiger partial charge >= 0.3 is 0 Å². The first-order chi connectivity index (χ1) is 11.1. The average molecular weight is 314 g/mol. The van der Waals surface area contributed by atoms with E-state index in [0.717, 1.165) is 42.7 Å². The smallest absolute Gasteiger partial charge is 0.123 e. The monoisotopic (exact) mass is 314 g/mol. The van der Waals surface area contributed by atoms with Crippen molar-refractivity contribution >= 4 is 11.4 Å². The zero-order chi connectivity index (χ0) is 17.0. The summed E-state index contributed by atoms with van der Waals surface area (Å²) in [5.41, 5.74) is 13.2. The molecule has 1 heterocycles. The van der Waals surface area contributed by atoms with Crippen LogP contribution in [0, 0.1) is 19.7 Å². The Morgan fingerprint density at radius 2 is 1.78 bits per heavy atom. The molecule has 2 aromatic carbocycles. The quantitative estimate of drug-likeness (QED) is 0.790. The maximum absolute atomic E-state index is 13.0. The van der Waals surface area contributed by atoms with E-state index in [1.807, 2.05) is 26.0 Å². The second-order valence-electron chi connectivity index (χ2n) is 5.88. The molecule has 2 nitrogen and oxygen atoms in total. The van der Waals surface area contributed by atoms with Crippen molar-refractivity contribution in [3.05, 3.63) is 58.4 Å². The molecule has 0 amide bonds. The summed E-state index contributed by atoms with van der Waals surface area (Å²) in [6.07, 6.45) is 2.23. The Labute approximate surface area is 139 Å². The van der Waals surface area contributed by atoms with Crippen LogP contribution < -0.4 is 10.6 Å². The molecule has 0 fully saturated rings. The minimum atomic E-state index is -0.183. The standard InChI is InChI=1S/C18H21FN2.C2H6/c1-12-10-17-16(13(2)18(12)20)4-3-9-21(17)11-14-5-7-15(19)8-6-14;1-2/h5-8,10H,3-4,9,11,20H2,1-2H3;1-2H3. The van der Waals surface area contributed by atoms with E-state index < -0.39 is 0 Å². The molecule has 3 rings (SSSR count). The van der Waals surface area contributed by atoms with Crippen LogP contribution in [0.3, 0.4) is 0 Å². The van der Waals surface area contributed by atoms with E-state index in [9.17, 15) is 4.39 Å². The summed E-state index contributed by atoms with van der Waals surface area (Å²) >= 11 is 0. The molecule has 0 unspecified atom stereocenters. The third kappa shape index (κ3) is 3.66. The minimum Gasteiger partial charge on any atom is -0.398 e. The van der Waals surface area contributed by atoms with E-state index in [0.29, 0.717) is 0 Å². The number of nitrogens with zero attached hydrogens (tertiary/aromatic N) is 1. The van der Waals surface area contributed by atoms with Crippen molar-refractivity contribution in [1.29, 1.82) is 0 Å². The molecular formula is C20H27FN2. The van der Waals surface area contributed by atoms with E-state index in [2.05, 4.69) is 24.8 Å². The number of halogens is 1. The molecule has 23 heavy (non-hydrogen) atoms. The molecule has 1 aliphatic rings. The van der Waals surface area contributed by atoms with Crippen molar-refractivity contribution < 1.29 is 4.39 Å². The highest BCUT2D eigenvalue weighted by Crippen LogP contribution is 2.35. The highest BCUT2D eigenvalue weighted by atomic mass is 19.1. The Balaban J connectivity index is 0.000000924. The van der Waals surface area contributed by atoms with Gasteiger partial charge in [-0.05, 0) is 67.1 Å². The summed E-state index contributed by atoms with van der Waals surface area (Å²) in [7, 11) is 0. The zero-order valence-electron chi connectivity index (χ0n) is 14.6. The van der Waals surface area contributed by atoms with Crippen LogP contribution >= 0.6 is 0 Å². The minimum absolute atomic E-state index is 0.183. The Bertz CT molecular complexity index is 662. The lowest BCUT2D eigenvalue weighted by Gasteiger charge is -2.33. The predicted octanol–water partition coefficient (Wildman–Crippen LogP) is 5.00. The number of rotatable bonds is 2. The van der Waals surface area contributed by atoms with Crippen molar-refractivity contribution in [2.75, 3.05) is 17.2 Å². The fourth-order valence-electron chi connectivity index (χ4n) is 3.16. The van der Waals surface area contributed by atoms with Crippen LogP contribution in [0.4, 0.5) is 15.8 Å². The molecule has 0 saturated carbocycles. The molecule has 1 aliphatic heterocycles. The van der Waals surface area contributed by atoms with Crippen LogP contribution in [0.2, 0.25) is 0 Å². The van der Waals surface area contributed by atoms with Crippen molar-refractivity contribution in [2.24, 2.45) is 0 Å². The van der Waals surface area contributed by atoms with Gasteiger partial charge in [-0.25, -0.2) is 4.39 Å². The van der Waals surface area contributed by atoms with E-state index in [4.69, 9.17) is 5.73 Å². The molecule has 0 aromatic heterocycles. The number of hydrogen-bond donors (Lipinski definition) is 1. The summed E-state index contributed by atoms with van der Waals surface area (Å²) in [6.45, 7) is 10.0. The van der Waals surface area contributed by atoms with Gasteiger partial charge in [0.2, 0.25) is 0 Å². The van der Waals surface area contributed by atoms with E-state index in [-0.39, 0.29) is 5.82 Å². The van der Waals surface area contributed by atoms with Gasteiger partial charge in [-0.1, -0.05) is 26.0 Å². The summed E-state index contributed by atoms with van der Waals surface area (Å²) in [5, 5.41) is 0. The average Bonchev–Trinajstić information content (AvgIpc) is 2.57. The van der Waals surface area contributed by atoms with E-state index in [1.165, 1.54) is 28.9 Å². The maximum atomic E-state index is 13.0. The number of fused-ring (bicyclic) bond motifs is 1. The molecule has 0 atom stereocenters. The van der Waals surface area contributed by atoms with Crippen molar-refractivity contribution in [2.45, 2.75) is 47.1 Å².